The van der Waals surface area contributed by atoms with Crippen molar-refractivity contribution in [3.05, 3.63) is 22.8 Å². The molecule has 0 unspecified atom stereocenters. The molecule has 0 spiro atoms. The normalized spacial score (nSPS) is 26.1. The zero-order chi connectivity index (χ0) is 20.2. The van der Waals surface area contributed by atoms with Gasteiger partial charge in [0.15, 0.2) is 0 Å². The van der Waals surface area contributed by atoms with Gasteiger partial charge in [-0.3, -0.25) is 0 Å². The first-order chi connectivity index (χ1) is 14.9. The highest BCUT2D eigenvalue weighted by Gasteiger charge is 2.33. The third kappa shape index (κ3) is 4.63. The van der Waals surface area contributed by atoms with Gasteiger partial charge in [-0.2, -0.15) is 0 Å². The van der Waals surface area contributed by atoms with Gasteiger partial charge in [-0.05, 0) is 62.8 Å². The van der Waals surface area contributed by atoms with Crippen molar-refractivity contribution in [1.29, 1.82) is 0 Å². The molecule has 0 amide bonds. The Kier molecular flexibility index (Phi) is 7.08. The predicted molar refractivity (Wildman–Crippen MR) is 125 cm³/mol. The van der Waals surface area contributed by atoms with Gasteiger partial charge in [0.2, 0.25) is 0 Å². The molecule has 0 radical (unpaired) electrons. The van der Waals surface area contributed by atoms with E-state index in [1.165, 1.54) is 134 Å². The second kappa shape index (κ2) is 10.1. The molecular weight excluding hydrogens is 364 g/mol. The molecule has 166 valence electrons. The molecule has 5 rings (SSSR count). The molecule has 2 nitrogen and oxygen atoms in total. The number of aromatic nitrogens is 2. The molecule has 4 aliphatic carbocycles. The monoisotopic (exact) mass is 408 g/mol. The topological polar surface area (TPSA) is 25.8 Å². The summed E-state index contributed by atoms with van der Waals surface area (Å²) in [5.41, 5.74) is 4.84. The molecule has 0 bridgehead atoms. The molecule has 1 heterocycles. The van der Waals surface area contributed by atoms with Crippen molar-refractivity contribution in [3.63, 3.8) is 0 Å². The summed E-state index contributed by atoms with van der Waals surface area (Å²) in [5.74, 6) is 4.12. The summed E-state index contributed by atoms with van der Waals surface area (Å²) in [5, 5.41) is 0. The average Bonchev–Trinajstić information content (AvgIpc) is 2.85. The van der Waals surface area contributed by atoms with Crippen LogP contribution in [0.5, 0.6) is 0 Å². The Morgan fingerprint density at radius 3 is 1.10 bits per heavy atom. The van der Waals surface area contributed by atoms with E-state index >= 15 is 0 Å². The molecule has 30 heavy (non-hydrogen) atoms. The summed E-state index contributed by atoms with van der Waals surface area (Å²) in [4.78, 5) is 11.1. The van der Waals surface area contributed by atoms with Gasteiger partial charge < -0.3 is 0 Å². The van der Waals surface area contributed by atoms with Gasteiger partial charge in [0.1, 0.15) is 5.82 Å². The van der Waals surface area contributed by atoms with Crippen molar-refractivity contribution < 1.29 is 0 Å². The Morgan fingerprint density at radius 2 is 0.700 bits per heavy atom. The minimum absolute atomic E-state index is 0.642. The molecule has 4 fully saturated rings. The fraction of sp³-hybridized carbons (Fsp3) is 0.857. The lowest BCUT2D eigenvalue weighted by molar-refractivity contribution is 0.381. The summed E-state index contributed by atoms with van der Waals surface area (Å²) in [6, 6.07) is 0. The van der Waals surface area contributed by atoms with E-state index in [1.54, 1.807) is 17.0 Å². The first-order valence-electron chi connectivity index (χ1n) is 13.8. The van der Waals surface area contributed by atoms with Crippen LogP contribution in [-0.2, 0) is 0 Å². The number of rotatable bonds is 4. The molecule has 4 saturated carbocycles. The largest absolute Gasteiger partial charge is 0.237 e. The van der Waals surface area contributed by atoms with Crippen molar-refractivity contribution in [2.45, 2.75) is 152 Å². The van der Waals surface area contributed by atoms with Gasteiger partial charge in [-0.1, -0.05) is 77.0 Å². The smallest absolute Gasteiger partial charge is 0.131 e. The lowest BCUT2D eigenvalue weighted by Gasteiger charge is -2.34. The molecule has 4 aliphatic rings. The maximum Gasteiger partial charge on any atom is 0.131 e. The highest BCUT2D eigenvalue weighted by molar-refractivity contribution is 5.36. The van der Waals surface area contributed by atoms with Gasteiger partial charge in [-0.25, -0.2) is 9.97 Å². The van der Waals surface area contributed by atoms with E-state index in [0.29, 0.717) is 5.92 Å². The minimum Gasteiger partial charge on any atom is -0.237 e. The zero-order valence-corrected chi connectivity index (χ0v) is 19.3. The van der Waals surface area contributed by atoms with Crippen molar-refractivity contribution in [1.82, 2.24) is 9.97 Å². The summed E-state index contributed by atoms with van der Waals surface area (Å²) in [6.07, 6.45) is 28.0. The van der Waals surface area contributed by atoms with E-state index in [0.717, 1.165) is 17.8 Å². The molecule has 0 N–H and O–H groups in total. The lowest BCUT2D eigenvalue weighted by atomic mass is 9.74. The van der Waals surface area contributed by atoms with Crippen LogP contribution in [0.15, 0.2) is 0 Å². The SMILES string of the molecule is C1CCC(c2nc(C3CCCCC3)c(C3CCCCC3)c(C3CCCCC3)n2)CC1. The molecule has 2 heteroatoms. The zero-order valence-electron chi connectivity index (χ0n) is 19.3. The maximum absolute atomic E-state index is 5.54. The maximum atomic E-state index is 5.54. The fourth-order valence-electron chi connectivity index (χ4n) is 7.25. The Labute approximate surface area is 185 Å². The molecular formula is C28H44N2. The standard InChI is InChI=1S/C28H44N2/c1-5-13-21(14-6-1)25-26(22-15-7-2-8-16-22)29-28(24-19-11-4-12-20-24)30-27(25)23-17-9-3-10-18-23/h21-24H,1-20H2. The highest BCUT2D eigenvalue weighted by Crippen LogP contribution is 2.46. The van der Waals surface area contributed by atoms with Gasteiger partial charge in [0.05, 0.1) is 11.4 Å². The molecule has 1 aromatic rings. The molecule has 0 saturated heterocycles. The van der Waals surface area contributed by atoms with E-state index in [-0.39, 0.29) is 0 Å². The van der Waals surface area contributed by atoms with Crippen molar-refractivity contribution >= 4 is 0 Å². The summed E-state index contributed by atoms with van der Waals surface area (Å²) in [6.45, 7) is 0. The van der Waals surface area contributed by atoms with Crippen LogP contribution in [0.25, 0.3) is 0 Å². The molecule has 1 aromatic heterocycles. The Morgan fingerprint density at radius 1 is 0.367 bits per heavy atom. The molecule has 0 atom stereocenters. The second-order valence-corrected chi connectivity index (χ2v) is 11.1. The van der Waals surface area contributed by atoms with E-state index in [9.17, 15) is 0 Å². The third-order valence-corrected chi connectivity index (χ3v) is 8.99. The average molecular weight is 409 g/mol. The van der Waals surface area contributed by atoms with Crippen LogP contribution in [0.3, 0.4) is 0 Å². The Bertz CT molecular complexity index is 633. The van der Waals surface area contributed by atoms with E-state index in [4.69, 9.17) is 9.97 Å². The second-order valence-electron chi connectivity index (χ2n) is 11.1. The van der Waals surface area contributed by atoms with Gasteiger partial charge in [-0.15, -0.1) is 0 Å². The third-order valence-electron chi connectivity index (χ3n) is 8.99. The van der Waals surface area contributed by atoms with Crippen molar-refractivity contribution in [2.75, 3.05) is 0 Å². The quantitative estimate of drug-likeness (QED) is 0.498. The summed E-state index contributed by atoms with van der Waals surface area (Å²) < 4.78 is 0. The van der Waals surface area contributed by atoms with Crippen LogP contribution in [0.2, 0.25) is 0 Å². The predicted octanol–water partition coefficient (Wildman–Crippen LogP) is 8.67. The van der Waals surface area contributed by atoms with Crippen LogP contribution in [0.4, 0.5) is 0 Å². The molecule has 0 aromatic carbocycles. The number of nitrogens with zero attached hydrogens (tertiary/aromatic N) is 2. The first kappa shape index (κ1) is 21.0. The summed E-state index contributed by atoms with van der Waals surface area (Å²) >= 11 is 0. The van der Waals surface area contributed by atoms with Gasteiger partial charge in [0, 0.05) is 17.8 Å². The first-order valence-corrected chi connectivity index (χ1v) is 13.8. The Hall–Kier alpha value is -0.920. The van der Waals surface area contributed by atoms with Crippen LogP contribution in [-0.4, -0.2) is 9.97 Å². The van der Waals surface area contributed by atoms with E-state index in [1.807, 2.05) is 0 Å². The van der Waals surface area contributed by atoms with Crippen molar-refractivity contribution in [3.8, 4) is 0 Å². The minimum atomic E-state index is 0.642. The van der Waals surface area contributed by atoms with Crippen LogP contribution >= 0.6 is 0 Å². The summed E-state index contributed by atoms with van der Waals surface area (Å²) in [7, 11) is 0. The fourth-order valence-corrected chi connectivity index (χ4v) is 7.25. The van der Waals surface area contributed by atoms with Gasteiger partial charge in [0.25, 0.3) is 0 Å². The van der Waals surface area contributed by atoms with Crippen LogP contribution in [0, 0.1) is 0 Å². The molecule has 0 aliphatic heterocycles. The van der Waals surface area contributed by atoms with Crippen LogP contribution < -0.4 is 0 Å². The van der Waals surface area contributed by atoms with Crippen LogP contribution in [0.1, 0.15) is 175 Å². The van der Waals surface area contributed by atoms with E-state index in [2.05, 4.69) is 0 Å². The van der Waals surface area contributed by atoms with E-state index < -0.39 is 0 Å². The number of hydrogen-bond donors (Lipinski definition) is 0. The lowest BCUT2D eigenvalue weighted by Crippen LogP contribution is -2.23. The Balaban J connectivity index is 1.59. The highest BCUT2D eigenvalue weighted by atomic mass is 14.9. The van der Waals surface area contributed by atoms with Crippen molar-refractivity contribution in [2.24, 2.45) is 0 Å². The van der Waals surface area contributed by atoms with Gasteiger partial charge >= 0.3 is 0 Å². The number of hydrogen-bond acceptors (Lipinski definition) is 2.